The Morgan fingerprint density at radius 3 is 2.30 bits per heavy atom. The smallest absolute Gasteiger partial charge is 0.179 e. The molecule has 108 valence electrons. The molecule has 0 saturated carbocycles. The van der Waals surface area contributed by atoms with Crippen LogP contribution in [0.25, 0.3) is 0 Å². The molecule has 0 unspecified atom stereocenters. The first-order valence-electron chi connectivity index (χ1n) is 6.62. The van der Waals surface area contributed by atoms with Gasteiger partial charge in [-0.25, -0.2) is 8.42 Å². The van der Waals surface area contributed by atoms with Gasteiger partial charge in [-0.15, -0.1) is 6.42 Å². The van der Waals surface area contributed by atoms with Crippen molar-refractivity contribution < 1.29 is 17.9 Å². The number of hydrogen-bond acceptors (Lipinski definition) is 4. The molecule has 0 spiro atoms. The van der Waals surface area contributed by atoms with E-state index in [1.807, 2.05) is 12.1 Å². The maximum atomic E-state index is 11.8. The lowest BCUT2D eigenvalue weighted by Gasteiger charge is -2.17. The minimum absolute atomic E-state index is 0.221. The van der Waals surface area contributed by atoms with Gasteiger partial charge in [0.05, 0.1) is 37.1 Å². The summed E-state index contributed by atoms with van der Waals surface area (Å²) in [5.41, 5.74) is 1.37. The molecular formula is C15H18O4S. The van der Waals surface area contributed by atoms with Crippen LogP contribution in [0.2, 0.25) is 0 Å². The Labute approximate surface area is 120 Å². The average molecular weight is 294 g/mol. The molecule has 0 aromatic heterocycles. The summed E-state index contributed by atoms with van der Waals surface area (Å²) < 4.78 is 33.4. The Morgan fingerprint density at radius 2 is 1.75 bits per heavy atom. The SMILES string of the molecule is C#Cc1cccc2c1S(=O)(=O)CCC2.C1COCCO1. The van der Waals surface area contributed by atoms with Gasteiger partial charge in [-0.2, -0.15) is 0 Å². The second-order valence-corrected chi connectivity index (χ2v) is 6.63. The van der Waals surface area contributed by atoms with E-state index in [4.69, 9.17) is 15.9 Å². The van der Waals surface area contributed by atoms with Gasteiger partial charge in [0.1, 0.15) is 0 Å². The molecule has 0 radical (unpaired) electrons. The van der Waals surface area contributed by atoms with Crippen LogP contribution in [0, 0.1) is 12.3 Å². The average Bonchev–Trinajstić information content (AvgIpc) is 2.49. The molecule has 0 N–H and O–H groups in total. The summed E-state index contributed by atoms with van der Waals surface area (Å²) in [6.45, 7) is 3.11. The van der Waals surface area contributed by atoms with Crippen molar-refractivity contribution in [2.24, 2.45) is 0 Å². The maximum absolute atomic E-state index is 11.8. The lowest BCUT2D eigenvalue weighted by atomic mass is 10.1. The second kappa shape index (κ2) is 6.89. The molecule has 20 heavy (non-hydrogen) atoms. The number of sulfone groups is 1. The quantitative estimate of drug-likeness (QED) is 0.679. The summed E-state index contributed by atoms with van der Waals surface area (Å²) in [6, 6.07) is 5.34. The molecule has 2 aliphatic heterocycles. The van der Waals surface area contributed by atoms with Crippen molar-refractivity contribution in [3.63, 3.8) is 0 Å². The first-order chi connectivity index (χ1) is 9.65. The zero-order valence-corrected chi connectivity index (χ0v) is 12.1. The van der Waals surface area contributed by atoms with E-state index in [2.05, 4.69) is 5.92 Å². The topological polar surface area (TPSA) is 52.6 Å². The number of benzene rings is 1. The van der Waals surface area contributed by atoms with Crippen molar-refractivity contribution in [2.75, 3.05) is 32.2 Å². The monoisotopic (exact) mass is 294 g/mol. The van der Waals surface area contributed by atoms with Crippen LogP contribution < -0.4 is 0 Å². The summed E-state index contributed by atoms with van der Waals surface area (Å²) in [6.07, 6.45) is 6.79. The molecule has 2 aliphatic rings. The molecule has 1 fully saturated rings. The van der Waals surface area contributed by atoms with Gasteiger partial charge < -0.3 is 9.47 Å². The Kier molecular flexibility index (Phi) is 5.18. The van der Waals surface area contributed by atoms with Gasteiger partial charge in [0.15, 0.2) is 9.84 Å². The summed E-state index contributed by atoms with van der Waals surface area (Å²) in [4.78, 5) is 0.383. The molecule has 1 aromatic carbocycles. The highest BCUT2D eigenvalue weighted by molar-refractivity contribution is 7.91. The van der Waals surface area contributed by atoms with Crippen molar-refractivity contribution in [3.05, 3.63) is 29.3 Å². The highest BCUT2D eigenvalue weighted by Crippen LogP contribution is 2.27. The maximum Gasteiger partial charge on any atom is 0.179 e. The molecule has 0 bridgehead atoms. The zero-order chi connectivity index (χ0) is 14.4. The van der Waals surface area contributed by atoms with Crippen molar-refractivity contribution in [3.8, 4) is 12.3 Å². The number of aryl methyl sites for hydroxylation is 1. The number of hydrogen-bond donors (Lipinski definition) is 0. The molecule has 2 heterocycles. The molecule has 0 atom stereocenters. The highest BCUT2D eigenvalue weighted by Gasteiger charge is 2.25. The molecular weight excluding hydrogens is 276 g/mol. The van der Waals surface area contributed by atoms with Gasteiger partial charge in [-0.3, -0.25) is 0 Å². The van der Waals surface area contributed by atoms with E-state index in [9.17, 15) is 8.42 Å². The second-order valence-electron chi connectivity index (χ2n) is 4.59. The zero-order valence-electron chi connectivity index (χ0n) is 11.3. The fourth-order valence-corrected chi connectivity index (χ4v) is 4.02. The number of terminal acetylenes is 1. The molecule has 4 nitrogen and oxygen atoms in total. The molecule has 3 rings (SSSR count). The number of fused-ring (bicyclic) bond motifs is 1. The Hall–Kier alpha value is -1.35. The minimum atomic E-state index is -3.13. The van der Waals surface area contributed by atoms with E-state index in [1.165, 1.54) is 0 Å². The summed E-state index contributed by atoms with van der Waals surface area (Å²) >= 11 is 0. The molecule has 1 saturated heterocycles. The Balaban J connectivity index is 0.000000205. The Bertz CT molecular complexity index is 583. The molecule has 0 amide bonds. The van der Waals surface area contributed by atoms with E-state index in [0.717, 1.165) is 38.4 Å². The van der Waals surface area contributed by atoms with E-state index in [-0.39, 0.29) is 5.75 Å². The largest absolute Gasteiger partial charge is 0.377 e. The third-order valence-electron chi connectivity index (χ3n) is 3.17. The van der Waals surface area contributed by atoms with E-state index >= 15 is 0 Å². The fraction of sp³-hybridized carbons (Fsp3) is 0.467. The first kappa shape index (κ1) is 15.0. The molecule has 5 heteroatoms. The van der Waals surface area contributed by atoms with Crippen LogP contribution in [-0.4, -0.2) is 40.6 Å². The fourth-order valence-electron chi connectivity index (χ4n) is 2.26. The standard InChI is InChI=1S/C11H10O2S.C4H8O2/c1-2-9-5-3-6-10-7-4-8-14(12,13)11(9)10;1-2-6-4-3-5-1/h1,3,5-6H,4,7-8H2;1-4H2. The Morgan fingerprint density at radius 1 is 1.10 bits per heavy atom. The normalized spacial score (nSPS) is 19.9. The van der Waals surface area contributed by atoms with Crippen LogP contribution in [0.5, 0.6) is 0 Å². The van der Waals surface area contributed by atoms with Gasteiger partial charge in [0, 0.05) is 5.56 Å². The first-order valence-corrected chi connectivity index (χ1v) is 8.27. The predicted octanol–water partition coefficient (Wildman–Crippen LogP) is 1.42. The van der Waals surface area contributed by atoms with Gasteiger partial charge in [-0.05, 0) is 24.5 Å². The van der Waals surface area contributed by atoms with E-state index in [1.54, 1.807) is 6.07 Å². The third-order valence-corrected chi connectivity index (χ3v) is 5.10. The van der Waals surface area contributed by atoms with Crippen LogP contribution in [0.3, 0.4) is 0 Å². The van der Waals surface area contributed by atoms with Crippen LogP contribution in [0.4, 0.5) is 0 Å². The van der Waals surface area contributed by atoms with Crippen LogP contribution in [0.15, 0.2) is 23.1 Å². The van der Waals surface area contributed by atoms with E-state index in [0.29, 0.717) is 16.9 Å². The number of rotatable bonds is 0. The number of ether oxygens (including phenoxy) is 2. The lowest BCUT2D eigenvalue weighted by molar-refractivity contribution is -0.0334. The summed E-state index contributed by atoms with van der Waals surface area (Å²) in [5.74, 6) is 2.65. The van der Waals surface area contributed by atoms with Gasteiger partial charge in [0.25, 0.3) is 0 Å². The lowest BCUT2D eigenvalue weighted by Crippen LogP contribution is -2.17. The highest BCUT2D eigenvalue weighted by atomic mass is 32.2. The van der Waals surface area contributed by atoms with Crippen molar-refractivity contribution in [1.82, 2.24) is 0 Å². The van der Waals surface area contributed by atoms with Crippen LogP contribution in [0.1, 0.15) is 17.5 Å². The predicted molar refractivity (Wildman–Crippen MR) is 76.4 cm³/mol. The van der Waals surface area contributed by atoms with Gasteiger partial charge in [0.2, 0.25) is 0 Å². The van der Waals surface area contributed by atoms with Crippen LogP contribution in [-0.2, 0) is 25.7 Å². The summed E-state index contributed by atoms with van der Waals surface area (Å²) in [7, 11) is -3.13. The third kappa shape index (κ3) is 3.60. The minimum Gasteiger partial charge on any atom is -0.377 e. The van der Waals surface area contributed by atoms with Gasteiger partial charge in [-0.1, -0.05) is 18.1 Å². The van der Waals surface area contributed by atoms with Crippen LogP contribution >= 0.6 is 0 Å². The summed E-state index contributed by atoms with van der Waals surface area (Å²) in [5, 5.41) is 0. The molecule has 0 aliphatic carbocycles. The van der Waals surface area contributed by atoms with E-state index < -0.39 is 9.84 Å². The molecule has 1 aromatic rings. The van der Waals surface area contributed by atoms with Crippen molar-refractivity contribution >= 4 is 9.84 Å². The van der Waals surface area contributed by atoms with Crippen molar-refractivity contribution in [1.29, 1.82) is 0 Å². The van der Waals surface area contributed by atoms with Gasteiger partial charge >= 0.3 is 0 Å². The van der Waals surface area contributed by atoms with Crippen molar-refractivity contribution in [2.45, 2.75) is 17.7 Å².